The molecule has 0 spiro atoms. The van der Waals surface area contributed by atoms with E-state index >= 15 is 0 Å². The number of hydrogen-bond donors (Lipinski definition) is 1. The fourth-order valence-corrected chi connectivity index (χ4v) is 2.61. The SMILES string of the molecule is Cc1cc(-c2ccc3c(c2)CCC3)ccc1N. The van der Waals surface area contributed by atoms with E-state index in [9.17, 15) is 0 Å². The van der Waals surface area contributed by atoms with Crippen molar-refractivity contribution in [2.75, 3.05) is 5.73 Å². The minimum absolute atomic E-state index is 0.870. The summed E-state index contributed by atoms with van der Waals surface area (Å²) in [7, 11) is 0. The lowest BCUT2D eigenvalue weighted by molar-refractivity contribution is 0.912. The molecule has 0 aliphatic heterocycles. The molecule has 0 bridgehead atoms. The summed E-state index contributed by atoms with van der Waals surface area (Å²) < 4.78 is 0. The zero-order chi connectivity index (χ0) is 11.8. The second-order valence-corrected chi connectivity index (χ2v) is 4.91. The molecule has 1 nitrogen and oxygen atoms in total. The molecule has 2 aromatic rings. The molecule has 1 aliphatic carbocycles. The monoisotopic (exact) mass is 223 g/mol. The van der Waals surface area contributed by atoms with Crippen LogP contribution in [-0.4, -0.2) is 0 Å². The largest absolute Gasteiger partial charge is 0.399 e. The Morgan fingerprint density at radius 3 is 2.41 bits per heavy atom. The van der Waals surface area contributed by atoms with Crippen LogP contribution >= 0.6 is 0 Å². The predicted octanol–water partition coefficient (Wildman–Crippen LogP) is 3.73. The first-order valence-electron chi connectivity index (χ1n) is 6.22. The van der Waals surface area contributed by atoms with Gasteiger partial charge in [-0.3, -0.25) is 0 Å². The van der Waals surface area contributed by atoms with Gasteiger partial charge in [0.15, 0.2) is 0 Å². The van der Waals surface area contributed by atoms with E-state index in [4.69, 9.17) is 5.73 Å². The van der Waals surface area contributed by atoms with Gasteiger partial charge in [-0.2, -0.15) is 0 Å². The quantitative estimate of drug-likeness (QED) is 0.732. The van der Waals surface area contributed by atoms with Crippen molar-refractivity contribution in [3.05, 3.63) is 53.1 Å². The third kappa shape index (κ3) is 1.82. The van der Waals surface area contributed by atoms with E-state index in [1.54, 1.807) is 0 Å². The lowest BCUT2D eigenvalue weighted by Gasteiger charge is -2.07. The average Bonchev–Trinajstić information content (AvgIpc) is 2.79. The Morgan fingerprint density at radius 2 is 1.59 bits per heavy atom. The molecule has 0 fully saturated rings. The van der Waals surface area contributed by atoms with Gasteiger partial charge in [-0.25, -0.2) is 0 Å². The van der Waals surface area contributed by atoms with Crippen molar-refractivity contribution in [3.63, 3.8) is 0 Å². The van der Waals surface area contributed by atoms with Crippen molar-refractivity contribution in [1.82, 2.24) is 0 Å². The van der Waals surface area contributed by atoms with Gasteiger partial charge in [-0.05, 0) is 66.1 Å². The van der Waals surface area contributed by atoms with E-state index in [1.165, 1.54) is 41.5 Å². The normalized spacial score (nSPS) is 13.7. The molecule has 86 valence electrons. The smallest absolute Gasteiger partial charge is 0.0344 e. The van der Waals surface area contributed by atoms with Crippen molar-refractivity contribution in [2.45, 2.75) is 26.2 Å². The van der Waals surface area contributed by atoms with Crippen LogP contribution in [0.15, 0.2) is 36.4 Å². The Hall–Kier alpha value is -1.76. The summed E-state index contributed by atoms with van der Waals surface area (Å²) in [4.78, 5) is 0. The van der Waals surface area contributed by atoms with Crippen LogP contribution < -0.4 is 5.73 Å². The molecule has 3 rings (SSSR count). The van der Waals surface area contributed by atoms with Gasteiger partial charge in [0.2, 0.25) is 0 Å². The molecule has 0 saturated heterocycles. The molecule has 0 aromatic heterocycles. The zero-order valence-corrected chi connectivity index (χ0v) is 10.2. The van der Waals surface area contributed by atoms with E-state index < -0.39 is 0 Å². The number of nitrogen functional groups attached to an aromatic ring is 1. The highest BCUT2D eigenvalue weighted by Gasteiger charge is 2.11. The molecule has 0 heterocycles. The first-order valence-corrected chi connectivity index (χ1v) is 6.22. The summed E-state index contributed by atoms with van der Waals surface area (Å²) in [6, 6.07) is 13.1. The number of nitrogens with two attached hydrogens (primary N) is 1. The second-order valence-electron chi connectivity index (χ2n) is 4.91. The van der Waals surface area contributed by atoms with Crippen molar-refractivity contribution in [3.8, 4) is 11.1 Å². The molecule has 0 amide bonds. The van der Waals surface area contributed by atoms with Crippen LogP contribution in [0.2, 0.25) is 0 Å². The van der Waals surface area contributed by atoms with Crippen LogP contribution in [0.3, 0.4) is 0 Å². The lowest BCUT2D eigenvalue weighted by atomic mass is 9.99. The Bertz CT molecular complexity index is 570. The highest BCUT2D eigenvalue weighted by molar-refractivity contribution is 5.69. The van der Waals surface area contributed by atoms with Crippen molar-refractivity contribution in [1.29, 1.82) is 0 Å². The Kier molecular flexibility index (Phi) is 2.40. The van der Waals surface area contributed by atoms with Crippen LogP contribution in [0, 0.1) is 6.92 Å². The van der Waals surface area contributed by atoms with Gasteiger partial charge in [-0.1, -0.05) is 24.3 Å². The average molecular weight is 223 g/mol. The molecule has 0 saturated carbocycles. The van der Waals surface area contributed by atoms with Gasteiger partial charge in [0.1, 0.15) is 0 Å². The third-order valence-electron chi connectivity index (χ3n) is 3.70. The fraction of sp³-hybridized carbons (Fsp3) is 0.250. The predicted molar refractivity (Wildman–Crippen MR) is 73.1 cm³/mol. The summed E-state index contributed by atoms with van der Waals surface area (Å²) in [5.74, 6) is 0. The maximum atomic E-state index is 5.86. The van der Waals surface area contributed by atoms with Gasteiger partial charge >= 0.3 is 0 Å². The molecule has 17 heavy (non-hydrogen) atoms. The van der Waals surface area contributed by atoms with Gasteiger partial charge < -0.3 is 5.73 Å². The first-order chi connectivity index (χ1) is 8.24. The zero-order valence-electron chi connectivity index (χ0n) is 10.2. The third-order valence-corrected chi connectivity index (χ3v) is 3.70. The second kappa shape index (κ2) is 3.92. The summed E-state index contributed by atoms with van der Waals surface area (Å²) in [5.41, 5.74) is 13.5. The van der Waals surface area contributed by atoms with E-state index in [-0.39, 0.29) is 0 Å². The molecule has 0 atom stereocenters. The molecule has 0 unspecified atom stereocenters. The van der Waals surface area contributed by atoms with Crippen LogP contribution in [0.1, 0.15) is 23.1 Å². The number of fused-ring (bicyclic) bond motifs is 1. The van der Waals surface area contributed by atoms with Gasteiger partial charge in [0.05, 0.1) is 0 Å². The molecule has 1 aliphatic rings. The molecular formula is C16H17N. The fourth-order valence-electron chi connectivity index (χ4n) is 2.61. The summed E-state index contributed by atoms with van der Waals surface area (Å²) >= 11 is 0. The molecule has 0 radical (unpaired) electrons. The van der Waals surface area contributed by atoms with Crippen LogP contribution in [0.4, 0.5) is 5.69 Å². The Morgan fingerprint density at radius 1 is 0.882 bits per heavy atom. The summed E-state index contributed by atoms with van der Waals surface area (Å²) in [5, 5.41) is 0. The van der Waals surface area contributed by atoms with Crippen LogP contribution in [0.25, 0.3) is 11.1 Å². The number of hydrogen-bond acceptors (Lipinski definition) is 1. The van der Waals surface area contributed by atoms with Gasteiger partial charge in [0.25, 0.3) is 0 Å². The Balaban J connectivity index is 2.06. The number of aryl methyl sites for hydroxylation is 3. The maximum absolute atomic E-state index is 5.86. The summed E-state index contributed by atoms with van der Waals surface area (Å²) in [6.07, 6.45) is 3.78. The Labute approximate surface area is 102 Å². The standard InChI is InChI=1S/C16H17N/c1-11-9-14(7-8-16(11)17)15-6-5-12-3-2-4-13(12)10-15/h5-10H,2-4,17H2,1H3. The molecule has 2 aromatic carbocycles. The lowest BCUT2D eigenvalue weighted by Crippen LogP contribution is -1.90. The van der Waals surface area contributed by atoms with Crippen LogP contribution in [0.5, 0.6) is 0 Å². The van der Waals surface area contributed by atoms with Gasteiger partial charge in [-0.15, -0.1) is 0 Å². The van der Waals surface area contributed by atoms with E-state index in [2.05, 4.69) is 37.3 Å². The van der Waals surface area contributed by atoms with Crippen molar-refractivity contribution in [2.24, 2.45) is 0 Å². The maximum Gasteiger partial charge on any atom is 0.0344 e. The first kappa shape index (κ1) is 10.4. The minimum atomic E-state index is 0.870. The summed E-state index contributed by atoms with van der Waals surface area (Å²) in [6.45, 7) is 2.06. The number of rotatable bonds is 1. The van der Waals surface area contributed by atoms with Crippen molar-refractivity contribution >= 4 is 5.69 Å². The molecule has 1 heteroatoms. The van der Waals surface area contributed by atoms with Crippen molar-refractivity contribution < 1.29 is 0 Å². The highest BCUT2D eigenvalue weighted by atomic mass is 14.5. The van der Waals surface area contributed by atoms with Gasteiger partial charge in [0, 0.05) is 5.69 Å². The van der Waals surface area contributed by atoms with E-state index in [0.717, 1.165) is 11.3 Å². The van der Waals surface area contributed by atoms with Crippen LogP contribution in [-0.2, 0) is 12.8 Å². The molecular weight excluding hydrogens is 206 g/mol. The number of anilines is 1. The number of benzene rings is 2. The van der Waals surface area contributed by atoms with E-state index in [1.807, 2.05) is 6.07 Å². The topological polar surface area (TPSA) is 26.0 Å². The molecule has 2 N–H and O–H groups in total. The highest BCUT2D eigenvalue weighted by Crippen LogP contribution is 2.29. The van der Waals surface area contributed by atoms with E-state index in [0.29, 0.717) is 0 Å². The minimum Gasteiger partial charge on any atom is -0.399 e.